The average Bonchev–Trinajstić information content (AvgIpc) is 4.08. The first-order chi connectivity index (χ1) is 33.2. The summed E-state index contributed by atoms with van der Waals surface area (Å²) in [5, 5.41) is 18.2. The second-order valence-electron chi connectivity index (χ2n) is 17.8. The summed E-state index contributed by atoms with van der Waals surface area (Å²) < 4.78 is 7.96. The van der Waals surface area contributed by atoms with E-state index < -0.39 is 0 Å². The molecule has 0 aliphatic carbocycles. The summed E-state index contributed by atoms with van der Waals surface area (Å²) >= 11 is 5.71. The smallest absolute Gasteiger partial charge is 0.0434 e. The second-order valence-corrected chi connectivity index (χ2v) is 21.0. The normalized spacial score (nSPS) is 12.2. The number of rotatable bonds is 4. The average molecular weight is 901 g/mol. The van der Waals surface area contributed by atoms with Gasteiger partial charge < -0.3 is 0 Å². The van der Waals surface area contributed by atoms with E-state index >= 15 is 0 Å². The Hall–Kier alpha value is -7.66. The summed E-state index contributed by atoms with van der Waals surface area (Å²) in [7, 11) is 0. The molecule has 0 aliphatic rings. The zero-order valence-corrected chi connectivity index (χ0v) is 38.5. The van der Waals surface area contributed by atoms with E-state index in [1.54, 1.807) is 0 Å². The van der Waals surface area contributed by atoms with Gasteiger partial charge in [0.2, 0.25) is 0 Å². The number of thiophene rings is 3. The van der Waals surface area contributed by atoms with Crippen LogP contribution in [-0.4, -0.2) is 0 Å². The first-order valence-electron chi connectivity index (χ1n) is 22.9. The van der Waals surface area contributed by atoms with E-state index in [4.69, 9.17) is 0 Å². The number of hydrogen-bond donors (Lipinski definition) is 0. The minimum absolute atomic E-state index is 1.25. The Kier molecular flexibility index (Phi) is 8.08. The topological polar surface area (TPSA) is 0 Å². The fourth-order valence-corrected chi connectivity index (χ4v) is 15.0. The molecule has 0 nitrogen and oxygen atoms in total. The molecule has 0 fully saturated rings. The van der Waals surface area contributed by atoms with Crippen LogP contribution in [-0.2, 0) is 0 Å². The summed E-state index contributed by atoms with van der Waals surface area (Å²) in [6.07, 6.45) is 0. The van der Waals surface area contributed by atoms with Crippen LogP contribution in [0.4, 0.5) is 0 Å². The molecule has 0 atom stereocenters. The third-order valence-corrected chi connectivity index (χ3v) is 17.8. The molecule has 310 valence electrons. The fraction of sp³-hybridized carbons (Fsp3) is 0. The van der Waals surface area contributed by atoms with Crippen molar-refractivity contribution in [3.63, 3.8) is 0 Å². The predicted octanol–water partition coefficient (Wildman–Crippen LogP) is 20.1. The molecule has 15 aromatic rings. The molecule has 67 heavy (non-hydrogen) atoms. The Morgan fingerprint density at radius 2 is 0.537 bits per heavy atom. The first-order valence-corrected chi connectivity index (χ1v) is 25.4. The van der Waals surface area contributed by atoms with Crippen molar-refractivity contribution in [1.82, 2.24) is 0 Å². The van der Waals surface area contributed by atoms with Crippen molar-refractivity contribution in [3.05, 3.63) is 218 Å². The molecular weight excluding hydrogens is 865 g/mol. The maximum Gasteiger partial charge on any atom is 0.0434 e. The van der Waals surface area contributed by atoms with Crippen molar-refractivity contribution in [3.8, 4) is 44.5 Å². The van der Waals surface area contributed by atoms with Gasteiger partial charge in [-0.25, -0.2) is 0 Å². The van der Waals surface area contributed by atoms with Gasteiger partial charge in [0, 0.05) is 71.6 Å². The Morgan fingerprint density at radius 1 is 0.194 bits per heavy atom. The van der Waals surface area contributed by atoms with Crippen LogP contribution in [0.3, 0.4) is 0 Å². The van der Waals surface area contributed by atoms with Crippen LogP contribution in [0.1, 0.15) is 0 Å². The van der Waals surface area contributed by atoms with Gasteiger partial charge in [-0.1, -0.05) is 188 Å². The lowest BCUT2D eigenvalue weighted by molar-refractivity contribution is 1.70. The molecule has 0 saturated carbocycles. The zero-order valence-electron chi connectivity index (χ0n) is 36.0. The minimum Gasteiger partial charge on any atom is -0.135 e. The van der Waals surface area contributed by atoms with Crippen molar-refractivity contribution in [2.75, 3.05) is 0 Å². The molecule has 12 aromatic carbocycles. The van der Waals surface area contributed by atoms with Gasteiger partial charge in [-0.05, 0) is 107 Å². The lowest BCUT2D eigenvalue weighted by Crippen LogP contribution is -1.91. The standard InChI is InChI=1S/C64H36S3/c1-5-21-46-42(17-1)59(43-18-2-6-22-47(43)61(46)52-27-13-25-50-39-15-9-11-29-55(39)66-63(50)52)37-32-34-57-54(35-37)41-33-31-38(36-58(41)65-57)60-44-19-3-7-23-48(44)62(49-24-8-4-20-45(49)60)53-28-14-26-51-40-16-10-12-30-56(40)67-64(51)53/h1-36H. The lowest BCUT2D eigenvalue weighted by Gasteiger charge is -2.18. The molecule has 0 unspecified atom stereocenters. The van der Waals surface area contributed by atoms with E-state index in [1.165, 1.54) is 148 Å². The molecular formula is C64H36S3. The van der Waals surface area contributed by atoms with E-state index in [1.807, 2.05) is 34.0 Å². The molecule has 0 amide bonds. The highest BCUT2D eigenvalue weighted by molar-refractivity contribution is 7.27. The van der Waals surface area contributed by atoms with Crippen molar-refractivity contribution in [2.24, 2.45) is 0 Å². The van der Waals surface area contributed by atoms with Gasteiger partial charge in [-0.15, -0.1) is 34.0 Å². The molecule has 0 spiro atoms. The molecule has 0 N–H and O–H groups in total. The largest absolute Gasteiger partial charge is 0.135 e. The summed E-state index contributed by atoms with van der Waals surface area (Å²) in [5.41, 5.74) is 10.3. The van der Waals surface area contributed by atoms with Gasteiger partial charge in [-0.2, -0.15) is 0 Å². The number of fused-ring (bicyclic) bond motifs is 13. The highest BCUT2D eigenvalue weighted by atomic mass is 32.1. The predicted molar refractivity (Wildman–Crippen MR) is 297 cm³/mol. The fourth-order valence-electron chi connectivity index (χ4n) is 11.4. The molecule has 0 radical (unpaired) electrons. The Bertz CT molecular complexity index is 4460. The van der Waals surface area contributed by atoms with Crippen LogP contribution < -0.4 is 0 Å². The van der Waals surface area contributed by atoms with E-state index in [-0.39, 0.29) is 0 Å². The molecule has 0 aliphatic heterocycles. The molecule has 15 rings (SSSR count). The van der Waals surface area contributed by atoms with Gasteiger partial charge in [0.25, 0.3) is 0 Å². The minimum atomic E-state index is 1.25. The number of hydrogen-bond acceptors (Lipinski definition) is 3. The van der Waals surface area contributed by atoms with Crippen LogP contribution in [0.2, 0.25) is 0 Å². The molecule has 3 aromatic heterocycles. The van der Waals surface area contributed by atoms with Crippen LogP contribution in [0.15, 0.2) is 218 Å². The molecule has 3 heteroatoms. The first kappa shape index (κ1) is 37.5. The van der Waals surface area contributed by atoms with Gasteiger partial charge in [0.05, 0.1) is 0 Å². The quantitative estimate of drug-likeness (QED) is 0.154. The number of benzene rings is 12. The zero-order chi connectivity index (χ0) is 43.7. The van der Waals surface area contributed by atoms with Gasteiger partial charge in [-0.3, -0.25) is 0 Å². The Balaban J connectivity index is 0.917. The maximum absolute atomic E-state index is 2.46. The highest BCUT2D eigenvalue weighted by Crippen LogP contribution is 2.51. The molecule has 0 saturated heterocycles. The van der Waals surface area contributed by atoms with Crippen LogP contribution in [0.5, 0.6) is 0 Å². The van der Waals surface area contributed by atoms with Gasteiger partial charge in [0.15, 0.2) is 0 Å². The van der Waals surface area contributed by atoms with Crippen LogP contribution in [0.25, 0.3) is 148 Å². The van der Waals surface area contributed by atoms with Gasteiger partial charge in [0.1, 0.15) is 0 Å². The van der Waals surface area contributed by atoms with Crippen LogP contribution >= 0.6 is 34.0 Å². The van der Waals surface area contributed by atoms with Crippen molar-refractivity contribution in [1.29, 1.82) is 0 Å². The lowest BCUT2D eigenvalue weighted by atomic mass is 9.85. The Labute approximate surface area is 397 Å². The molecule has 3 heterocycles. The summed E-state index contributed by atoms with van der Waals surface area (Å²) in [4.78, 5) is 0. The summed E-state index contributed by atoms with van der Waals surface area (Å²) in [6.45, 7) is 0. The van der Waals surface area contributed by atoms with E-state index in [2.05, 4.69) is 218 Å². The third kappa shape index (κ3) is 5.45. The monoisotopic (exact) mass is 900 g/mol. The van der Waals surface area contributed by atoms with E-state index in [9.17, 15) is 0 Å². The van der Waals surface area contributed by atoms with Crippen LogP contribution in [0, 0.1) is 0 Å². The maximum atomic E-state index is 2.46. The van der Waals surface area contributed by atoms with Crippen molar-refractivity contribution >= 4 is 138 Å². The summed E-state index contributed by atoms with van der Waals surface area (Å²) in [6, 6.07) is 82.0. The van der Waals surface area contributed by atoms with Crippen molar-refractivity contribution < 1.29 is 0 Å². The molecule has 0 bridgehead atoms. The highest BCUT2D eigenvalue weighted by Gasteiger charge is 2.22. The SMILES string of the molecule is c1ccc2c(c1)sc1c(-c3c4ccccc4c(-c4ccc5c(c4)sc4ccc(-c6c7ccccc7c(-c7cccc8c7sc7ccccc78)c7ccccc67)cc45)c4ccccc34)cccc12. The second kappa shape index (κ2) is 14.4. The summed E-state index contributed by atoms with van der Waals surface area (Å²) in [5.74, 6) is 0. The van der Waals surface area contributed by atoms with E-state index in [0.717, 1.165) is 0 Å². The van der Waals surface area contributed by atoms with Gasteiger partial charge >= 0.3 is 0 Å². The Morgan fingerprint density at radius 3 is 1.00 bits per heavy atom. The van der Waals surface area contributed by atoms with E-state index in [0.29, 0.717) is 0 Å². The van der Waals surface area contributed by atoms with Crippen molar-refractivity contribution in [2.45, 2.75) is 0 Å². The third-order valence-electron chi connectivity index (χ3n) is 14.3.